The van der Waals surface area contributed by atoms with Gasteiger partial charge in [0.25, 0.3) is 0 Å². The lowest BCUT2D eigenvalue weighted by atomic mass is 9.53. The van der Waals surface area contributed by atoms with Crippen molar-refractivity contribution in [2.24, 2.45) is 17.8 Å². The van der Waals surface area contributed by atoms with Crippen LogP contribution in [-0.4, -0.2) is 30.4 Å². The number of hydrogen-bond donors (Lipinski definition) is 2. The summed E-state index contributed by atoms with van der Waals surface area (Å²) in [6.45, 7) is 0.437. The molecule has 1 aromatic carbocycles. The quantitative estimate of drug-likeness (QED) is 0.890. The highest BCUT2D eigenvalue weighted by molar-refractivity contribution is 6.10. The largest absolute Gasteiger partial charge is 0.323 e. The van der Waals surface area contributed by atoms with Crippen LogP contribution in [0.5, 0.6) is 0 Å². The van der Waals surface area contributed by atoms with Gasteiger partial charge in [0.2, 0.25) is 11.8 Å². The summed E-state index contributed by atoms with van der Waals surface area (Å²) in [5, 5.41) is 6.49. The van der Waals surface area contributed by atoms with Gasteiger partial charge in [0, 0.05) is 5.54 Å². The van der Waals surface area contributed by atoms with Gasteiger partial charge in [0.15, 0.2) is 0 Å². The molecular formula is C20H25N3O2. The minimum absolute atomic E-state index is 0.00181. The Morgan fingerprint density at radius 1 is 1.12 bits per heavy atom. The summed E-state index contributed by atoms with van der Waals surface area (Å²) < 4.78 is 0. The molecular weight excluding hydrogens is 314 g/mol. The molecule has 5 nitrogen and oxygen atoms in total. The molecule has 0 spiro atoms. The molecule has 4 saturated carbocycles. The molecule has 2 N–H and O–H groups in total. The Labute approximate surface area is 148 Å². The van der Waals surface area contributed by atoms with Crippen molar-refractivity contribution in [2.45, 2.75) is 44.1 Å². The zero-order valence-corrected chi connectivity index (χ0v) is 14.5. The van der Waals surface area contributed by atoms with E-state index in [4.69, 9.17) is 0 Å². The first-order valence-corrected chi connectivity index (χ1v) is 9.54. The molecule has 6 rings (SSSR count). The molecule has 25 heavy (non-hydrogen) atoms. The van der Waals surface area contributed by atoms with Crippen LogP contribution in [0.3, 0.4) is 0 Å². The van der Waals surface area contributed by atoms with Crippen LogP contribution in [0, 0.1) is 17.8 Å². The third kappa shape index (κ3) is 2.65. The first-order valence-electron chi connectivity index (χ1n) is 9.54. The second-order valence-electron chi connectivity index (χ2n) is 8.60. The van der Waals surface area contributed by atoms with Crippen molar-refractivity contribution in [2.75, 3.05) is 23.3 Å². The van der Waals surface area contributed by atoms with E-state index >= 15 is 0 Å². The lowest BCUT2D eigenvalue weighted by Crippen LogP contribution is -2.60. The van der Waals surface area contributed by atoms with Crippen LogP contribution in [0.15, 0.2) is 24.3 Å². The van der Waals surface area contributed by atoms with Crippen molar-refractivity contribution >= 4 is 23.2 Å². The number of rotatable bonds is 3. The number of amides is 2. The molecule has 5 heteroatoms. The number of carbonyl (C=O) groups excluding carboxylic acids is 2. The van der Waals surface area contributed by atoms with Crippen molar-refractivity contribution in [3.63, 3.8) is 0 Å². The fourth-order valence-electron chi connectivity index (χ4n) is 6.14. The van der Waals surface area contributed by atoms with Crippen LogP contribution in [0.25, 0.3) is 0 Å². The van der Waals surface area contributed by atoms with Gasteiger partial charge in [-0.05, 0) is 68.4 Å². The molecule has 0 unspecified atom stereocenters. The van der Waals surface area contributed by atoms with E-state index in [1.807, 2.05) is 24.3 Å². The fourth-order valence-corrected chi connectivity index (χ4v) is 6.14. The molecule has 2 amide bonds. The summed E-state index contributed by atoms with van der Waals surface area (Å²) >= 11 is 0. The van der Waals surface area contributed by atoms with E-state index in [2.05, 4.69) is 10.6 Å². The van der Waals surface area contributed by atoms with E-state index in [-0.39, 0.29) is 23.9 Å². The maximum atomic E-state index is 12.9. The Bertz CT molecular complexity index is 694. The zero-order chi connectivity index (χ0) is 17.0. The summed E-state index contributed by atoms with van der Waals surface area (Å²) in [7, 11) is 0. The van der Waals surface area contributed by atoms with E-state index in [1.165, 1.54) is 38.5 Å². The molecule has 0 aromatic heterocycles. The average molecular weight is 339 g/mol. The summed E-state index contributed by atoms with van der Waals surface area (Å²) in [4.78, 5) is 26.5. The van der Waals surface area contributed by atoms with Gasteiger partial charge in [0.05, 0.1) is 17.9 Å². The topological polar surface area (TPSA) is 61.4 Å². The van der Waals surface area contributed by atoms with Crippen LogP contribution in [-0.2, 0) is 9.59 Å². The van der Waals surface area contributed by atoms with Gasteiger partial charge in [-0.1, -0.05) is 12.1 Å². The van der Waals surface area contributed by atoms with Crippen molar-refractivity contribution in [1.29, 1.82) is 0 Å². The molecule has 5 aliphatic rings. The predicted molar refractivity (Wildman–Crippen MR) is 96.3 cm³/mol. The molecule has 0 saturated heterocycles. The zero-order valence-electron chi connectivity index (χ0n) is 14.5. The SMILES string of the molecule is O=C1CN(C(=O)CNC23CC4CC(CC(C4)C2)C3)c2ccccc2N1. The first-order chi connectivity index (χ1) is 12.1. The summed E-state index contributed by atoms with van der Waals surface area (Å²) in [6.07, 6.45) is 7.87. The fraction of sp³-hybridized carbons (Fsp3) is 0.600. The van der Waals surface area contributed by atoms with E-state index in [0.29, 0.717) is 6.54 Å². The van der Waals surface area contributed by atoms with Gasteiger partial charge in [-0.2, -0.15) is 0 Å². The summed E-state index contributed by atoms with van der Waals surface area (Å²) in [5.74, 6) is 2.45. The predicted octanol–water partition coefficient (Wildman–Crippen LogP) is 2.53. The van der Waals surface area contributed by atoms with E-state index in [0.717, 1.165) is 29.1 Å². The highest BCUT2D eigenvalue weighted by Crippen LogP contribution is 2.55. The molecule has 0 radical (unpaired) electrons. The van der Waals surface area contributed by atoms with Crippen LogP contribution in [0.1, 0.15) is 38.5 Å². The highest BCUT2D eigenvalue weighted by Gasteiger charge is 2.50. The van der Waals surface area contributed by atoms with Crippen LogP contribution < -0.4 is 15.5 Å². The smallest absolute Gasteiger partial charge is 0.244 e. The summed E-state index contributed by atoms with van der Waals surface area (Å²) in [5.41, 5.74) is 1.70. The lowest BCUT2D eigenvalue weighted by molar-refractivity contribution is -0.122. The number of anilines is 2. The number of hydrogen-bond acceptors (Lipinski definition) is 3. The van der Waals surface area contributed by atoms with Crippen molar-refractivity contribution in [3.8, 4) is 0 Å². The van der Waals surface area contributed by atoms with Crippen LogP contribution >= 0.6 is 0 Å². The van der Waals surface area contributed by atoms with Crippen LogP contribution in [0.2, 0.25) is 0 Å². The monoisotopic (exact) mass is 339 g/mol. The van der Waals surface area contributed by atoms with Gasteiger partial charge in [-0.25, -0.2) is 0 Å². The van der Waals surface area contributed by atoms with E-state index in [9.17, 15) is 9.59 Å². The Kier molecular flexibility index (Phi) is 3.42. The maximum Gasteiger partial charge on any atom is 0.244 e. The number of para-hydroxylation sites is 2. The minimum atomic E-state index is -0.123. The molecule has 0 atom stereocenters. The number of nitrogens with zero attached hydrogens (tertiary/aromatic N) is 1. The number of carbonyl (C=O) groups is 2. The normalized spacial score (nSPS) is 35.4. The van der Waals surface area contributed by atoms with E-state index in [1.54, 1.807) is 4.90 Å². The molecule has 1 heterocycles. The van der Waals surface area contributed by atoms with Crippen molar-refractivity contribution in [1.82, 2.24) is 5.32 Å². The molecule has 132 valence electrons. The number of nitrogens with one attached hydrogen (secondary N) is 2. The van der Waals surface area contributed by atoms with Gasteiger partial charge >= 0.3 is 0 Å². The molecule has 4 aliphatic carbocycles. The van der Waals surface area contributed by atoms with Gasteiger partial charge in [0.1, 0.15) is 6.54 Å². The highest BCUT2D eigenvalue weighted by atomic mass is 16.2. The van der Waals surface area contributed by atoms with Crippen molar-refractivity contribution < 1.29 is 9.59 Å². The lowest BCUT2D eigenvalue weighted by Gasteiger charge is -2.57. The summed E-state index contributed by atoms with van der Waals surface area (Å²) in [6, 6.07) is 7.53. The standard InChI is InChI=1S/C20H25N3O2/c24-18-12-23(17-4-2-1-3-16(17)22-18)19(25)11-21-20-8-13-5-14(9-20)7-15(6-13)10-20/h1-4,13-15,21H,5-12H2,(H,22,24). The number of benzene rings is 1. The third-order valence-electron chi connectivity index (χ3n) is 6.72. The van der Waals surface area contributed by atoms with Gasteiger partial charge in [-0.15, -0.1) is 0 Å². The Morgan fingerprint density at radius 2 is 1.76 bits per heavy atom. The minimum Gasteiger partial charge on any atom is -0.323 e. The number of fused-ring (bicyclic) bond motifs is 1. The second kappa shape index (κ2) is 5.56. The molecule has 1 aliphatic heterocycles. The maximum absolute atomic E-state index is 12.9. The van der Waals surface area contributed by atoms with Crippen molar-refractivity contribution in [3.05, 3.63) is 24.3 Å². The van der Waals surface area contributed by atoms with Crippen LogP contribution in [0.4, 0.5) is 11.4 Å². The molecule has 4 fully saturated rings. The Balaban J connectivity index is 1.31. The molecule has 1 aromatic rings. The Morgan fingerprint density at radius 3 is 2.44 bits per heavy atom. The Hall–Kier alpha value is -1.88. The van der Waals surface area contributed by atoms with Gasteiger partial charge in [-0.3, -0.25) is 14.5 Å². The average Bonchev–Trinajstić information content (AvgIpc) is 2.58. The van der Waals surface area contributed by atoms with Gasteiger partial charge < -0.3 is 10.6 Å². The third-order valence-corrected chi connectivity index (χ3v) is 6.72. The molecule has 4 bridgehead atoms. The second-order valence-corrected chi connectivity index (χ2v) is 8.60. The van der Waals surface area contributed by atoms with E-state index < -0.39 is 0 Å². The first kappa shape index (κ1) is 15.4.